The van der Waals surface area contributed by atoms with Crippen molar-refractivity contribution in [1.82, 2.24) is 9.46 Å². The predicted octanol–water partition coefficient (Wildman–Crippen LogP) is 8.24. The van der Waals surface area contributed by atoms with Crippen LogP contribution in [0.2, 0.25) is 0 Å². The second-order valence-corrected chi connectivity index (χ2v) is 19.0. The lowest BCUT2D eigenvalue weighted by Crippen LogP contribution is -2.39. The summed E-state index contributed by atoms with van der Waals surface area (Å²) >= 11 is 0. The van der Waals surface area contributed by atoms with Crippen LogP contribution in [0.4, 0.5) is 17.1 Å². The average Bonchev–Trinajstić information content (AvgIpc) is 3.72. The Morgan fingerprint density at radius 2 is 1.61 bits per heavy atom. The van der Waals surface area contributed by atoms with Gasteiger partial charge in [-0.1, -0.05) is 48.0 Å². The molecular weight excluding hydrogens is 857 g/mol. The highest BCUT2D eigenvalue weighted by Crippen LogP contribution is 2.35. The average molecular weight is 903 g/mol. The van der Waals surface area contributed by atoms with Gasteiger partial charge in [-0.3, -0.25) is 9.10 Å². The van der Waals surface area contributed by atoms with E-state index in [1.54, 1.807) is 99.6 Å². The molecule has 0 bridgehead atoms. The Morgan fingerprint density at radius 1 is 0.844 bits per heavy atom. The third kappa shape index (κ3) is 10.6. The van der Waals surface area contributed by atoms with Crippen molar-refractivity contribution >= 4 is 49.0 Å². The van der Waals surface area contributed by atoms with E-state index in [9.17, 15) is 31.7 Å². The minimum atomic E-state index is -4.36. The first-order chi connectivity index (χ1) is 30.7. The number of esters is 1. The van der Waals surface area contributed by atoms with E-state index in [1.165, 1.54) is 40.7 Å². The first-order valence-corrected chi connectivity index (χ1v) is 23.3. The van der Waals surface area contributed by atoms with Gasteiger partial charge in [0, 0.05) is 24.8 Å². The molecule has 64 heavy (non-hydrogen) atoms. The molecule has 1 fully saturated rings. The van der Waals surface area contributed by atoms with E-state index in [1.807, 2.05) is 6.07 Å². The van der Waals surface area contributed by atoms with Crippen LogP contribution in [-0.2, 0) is 42.7 Å². The van der Waals surface area contributed by atoms with Crippen molar-refractivity contribution in [3.8, 4) is 17.6 Å². The minimum absolute atomic E-state index is 0.0767. The number of nitrogens with zero attached hydrogens (tertiary/aromatic N) is 4. The number of rotatable bonds is 16. The zero-order valence-corrected chi connectivity index (χ0v) is 37.0. The highest BCUT2D eigenvalue weighted by Gasteiger charge is 2.31. The van der Waals surface area contributed by atoms with E-state index in [2.05, 4.69) is 15.8 Å². The Hall–Kier alpha value is -7.00. The monoisotopic (exact) mass is 902 g/mol. The summed E-state index contributed by atoms with van der Waals surface area (Å²) < 4.78 is 75.5. The molecule has 0 saturated carbocycles. The first kappa shape index (κ1) is 45.0. The Labute approximate surface area is 372 Å². The molecule has 330 valence electrons. The number of nitriles is 1. The standard InChI is InChI=1S/C47H46N6O9S2/c1-32-10-5-6-13-43(32)53(30-46(54)50-38-12-9-11-35(25-38)28-48)64(58,59)45-26-36(15-14-33(45)2)31-60-47(55)37-16-18-40(19-17-37)61-44-21-20-41(63(56,57)52-22-7-4-8-23-52)27-42(44)49-29-39-24-34(3)62-51-39/h5-6,9-21,24-27,49H,4,7-8,22-23,29-31H2,1-3H3,(H,50,54). The smallest absolute Gasteiger partial charge is 0.338 e. The molecule has 2 heterocycles. The van der Waals surface area contributed by atoms with Crippen molar-refractivity contribution in [3.05, 3.63) is 155 Å². The van der Waals surface area contributed by atoms with Crippen LogP contribution >= 0.6 is 0 Å². The molecular formula is C47H46N6O9S2. The minimum Gasteiger partial charge on any atom is -0.457 e. The number of carbonyl (C=O) groups excluding carboxylic acids is 2. The zero-order chi connectivity index (χ0) is 45.4. The first-order valence-electron chi connectivity index (χ1n) is 20.4. The summed E-state index contributed by atoms with van der Waals surface area (Å²) in [7, 11) is -8.11. The number of para-hydroxylation sites is 1. The Kier molecular flexibility index (Phi) is 13.8. The van der Waals surface area contributed by atoms with Gasteiger partial charge in [-0.15, -0.1) is 0 Å². The van der Waals surface area contributed by atoms with Gasteiger partial charge in [0.1, 0.15) is 30.4 Å². The summed E-state index contributed by atoms with van der Waals surface area (Å²) in [4.78, 5) is 26.7. The van der Waals surface area contributed by atoms with Crippen LogP contribution in [0.1, 0.15) is 63.3 Å². The van der Waals surface area contributed by atoms with Gasteiger partial charge < -0.3 is 24.6 Å². The van der Waals surface area contributed by atoms with Crippen molar-refractivity contribution in [2.24, 2.45) is 0 Å². The number of piperidine rings is 1. The molecule has 0 unspecified atom stereocenters. The van der Waals surface area contributed by atoms with Crippen LogP contribution in [0.15, 0.2) is 130 Å². The van der Waals surface area contributed by atoms with Gasteiger partial charge in [0.05, 0.1) is 44.9 Å². The van der Waals surface area contributed by atoms with Crippen LogP contribution in [0, 0.1) is 32.1 Å². The Morgan fingerprint density at radius 3 is 2.33 bits per heavy atom. The Balaban J connectivity index is 1.05. The number of aryl methyl sites for hydroxylation is 3. The largest absolute Gasteiger partial charge is 0.457 e. The summed E-state index contributed by atoms with van der Waals surface area (Å²) in [6, 6.07) is 32.4. The summed E-state index contributed by atoms with van der Waals surface area (Å²) in [6.07, 6.45) is 2.59. The molecule has 0 aliphatic carbocycles. The maximum atomic E-state index is 14.5. The molecule has 6 aromatic rings. The molecule has 0 spiro atoms. The Bertz CT molecular complexity index is 2940. The number of anilines is 3. The third-order valence-corrected chi connectivity index (χ3v) is 14.3. The lowest BCUT2D eigenvalue weighted by molar-refractivity contribution is -0.114. The predicted molar refractivity (Wildman–Crippen MR) is 240 cm³/mol. The number of hydrogen-bond acceptors (Lipinski definition) is 12. The van der Waals surface area contributed by atoms with Crippen LogP contribution < -0.4 is 19.7 Å². The summed E-state index contributed by atoms with van der Waals surface area (Å²) in [5, 5.41) is 19.2. The maximum absolute atomic E-state index is 14.5. The molecule has 17 heteroatoms. The van der Waals surface area contributed by atoms with Gasteiger partial charge in [0.2, 0.25) is 15.9 Å². The van der Waals surface area contributed by atoms with Gasteiger partial charge >= 0.3 is 5.97 Å². The van der Waals surface area contributed by atoms with Crippen LogP contribution in [-0.4, -0.2) is 57.8 Å². The van der Waals surface area contributed by atoms with E-state index < -0.39 is 38.5 Å². The number of sulfonamides is 2. The second-order valence-electron chi connectivity index (χ2n) is 15.2. The molecule has 0 atom stereocenters. The molecule has 1 aliphatic heterocycles. The van der Waals surface area contributed by atoms with Crippen molar-refractivity contribution in [3.63, 3.8) is 0 Å². The molecule has 0 radical (unpaired) electrons. The molecule has 1 saturated heterocycles. The van der Waals surface area contributed by atoms with E-state index in [-0.39, 0.29) is 28.5 Å². The fourth-order valence-corrected chi connectivity index (χ4v) is 10.4. The highest BCUT2D eigenvalue weighted by molar-refractivity contribution is 7.93. The molecule has 2 N–H and O–H groups in total. The number of benzene rings is 5. The maximum Gasteiger partial charge on any atom is 0.338 e. The van der Waals surface area contributed by atoms with Crippen molar-refractivity contribution in [1.29, 1.82) is 5.26 Å². The topological polar surface area (TPSA) is 201 Å². The molecule has 1 aromatic heterocycles. The molecule has 15 nitrogen and oxygen atoms in total. The number of ether oxygens (including phenoxy) is 2. The van der Waals surface area contributed by atoms with Crippen LogP contribution in [0.25, 0.3) is 0 Å². The summed E-state index contributed by atoms with van der Waals surface area (Å²) in [5.41, 5.74) is 3.64. The number of nitrogens with one attached hydrogen (secondary N) is 2. The SMILES string of the molecule is Cc1cc(CNc2cc(S(=O)(=O)N3CCCCC3)ccc2Oc2ccc(C(=O)OCc3ccc(C)c(S(=O)(=O)N(CC(=O)Nc4cccc(C#N)c4)c4ccccc4C)c3)cc2)no1. The lowest BCUT2D eigenvalue weighted by atomic mass is 10.1. The zero-order valence-electron chi connectivity index (χ0n) is 35.4. The summed E-state index contributed by atoms with van der Waals surface area (Å²) in [6.45, 7) is 5.50. The van der Waals surface area contributed by atoms with Gasteiger partial charge in [0.15, 0.2) is 5.75 Å². The van der Waals surface area contributed by atoms with Gasteiger partial charge in [0.25, 0.3) is 10.0 Å². The highest BCUT2D eigenvalue weighted by atomic mass is 32.2. The van der Waals surface area contributed by atoms with Gasteiger partial charge in [-0.25, -0.2) is 21.6 Å². The second kappa shape index (κ2) is 19.6. The van der Waals surface area contributed by atoms with E-state index in [0.717, 1.165) is 23.6 Å². The van der Waals surface area contributed by atoms with Gasteiger partial charge in [-0.2, -0.15) is 9.57 Å². The number of hydrogen-bond donors (Lipinski definition) is 2. The third-order valence-electron chi connectivity index (χ3n) is 10.5. The molecule has 7 rings (SSSR count). The van der Waals surface area contributed by atoms with E-state index in [0.29, 0.717) is 75.4 Å². The fraction of sp³-hybridized carbons (Fsp3) is 0.234. The fourth-order valence-electron chi connectivity index (χ4n) is 7.13. The number of carbonyl (C=O) groups is 2. The van der Waals surface area contributed by atoms with Crippen molar-refractivity contribution in [2.45, 2.75) is 63.0 Å². The van der Waals surface area contributed by atoms with E-state index >= 15 is 0 Å². The van der Waals surface area contributed by atoms with Crippen LogP contribution in [0.5, 0.6) is 11.5 Å². The number of amides is 1. The van der Waals surface area contributed by atoms with E-state index in [4.69, 9.17) is 14.0 Å². The van der Waals surface area contributed by atoms with Crippen molar-refractivity contribution in [2.75, 3.05) is 34.6 Å². The van der Waals surface area contributed by atoms with Crippen molar-refractivity contribution < 1.29 is 40.4 Å². The normalized spacial score (nSPS) is 13.1. The molecule has 5 aromatic carbocycles. The number of aromatic nitrogens is 1. The lowest BCUT2D eigenvalue weighted by Gasteiger charge is -2.26. The molecule has 1 amide bonds. The quantitative estimate of drug-likeness (QED) is 0.0883. The molecule has 1 aliphatic rings. The summed E-state index contributed by atoms with van der Waals surface area (Å²) in [5.74, 6) is 0.0381. The van der Waals surface area contributed by atoms with Gasteiger partial charge in [-0.05, 0) is 123 Å². The van der Waals surface area contributed by atoms with Crippen LogP contribution in [0.3, 0.4) is 0 Å².